The van der Waals surface area contributed by atoms with Crippen molar-refractivity contribution in [3.05, 3.63) is 22.6 Å². The van der Waals surface area contributed by atoms with E-state index < -0.39 is 0 Å². The van der Waals surface area contributed by atoms with E-state index in [4.69, 9.17) is 16.0 Å². The minimum Gasteiger partial charge on any atom is -0.444 e. The summed E-state index contributed by atoms with van der Waals surface area (Å²) in [5, 5.41) is 3.23. The Morgan fingerprint density at radius 3 is 2.62 bits per heavy atom. The number of carbonyl (C=O) groups is 1. The Balaban J connectivity index is 1.88. The molecule has 1 amide bonds. The third kappa shape index (κ3) is 3.01. The zero-order chi connectivity index (χ0) is 11.5. The van der Waals surface area contributed by atoms with Crippen LogP contribution in [0.5, 0.6) is 0 Å². The van der Waals surface area contributed by atoms with Crippen molar-refractivity contribution in [2.45, 2.75) is 37.1 Å². The first-order valence-corrected chi connectivity index (χ1v) is 6.58. The molecule has 0 atom stereocenters. The number of rotatable bonds is 2. The monoisotopic (exact) mass is 305 g/mol. The van der Waals surface area contributed by atoms with Gasteiger partial charge in [0.2, 0.25) is 0 Å². The maximum Gasteiger partial charge on any atom is 0.287 e. The molecule has 1 aromatic rings. The van der Waals surface area contributed by atoms with Crippen molar-refractivity contribution in [3.8, 4) is 0 Å². The summed E-state index contributed by atoms with van der Waals surface area (Å²) in [5.74, 6) is 0.198. The van der Waals surface area contributed by atoms with E-state index in [1.807, 2.05) is 0 Å². The molecule has 3 nitrogen and oxygen atoms in total. The Morgan fingerprint density at radius 1 is 1.38 bits per heavy atom. The normalized spacial score (nSPS) is 25.4. The molecule has 5 heteroatoms. The molecule has 1 fully saturated rings. The van der Waals surface area contributed by atoms with Crippen LogP contribution < -0.4 is 5.32 Å². The highest BCUT2D eigenvalue weighted by atomic mass is 79.9. The van der Waals surface area contributed by atoms with Gasteiger partial charge in [0.15, 0.2) is 10.4 Å². The van der Waals surface area contributed by atoms with Gasteiger partial charge in [-0.2, -0.15) is 0 Å². The van der Waals surface area contributed by atoms with Crippen LogP contribution in [-0.4, -0.2) is 17.3 Å². The second-order valence-corrected chi connectivity index (χ2v) is 5.42. The molecule has 0 aromatic carbocycles. The van der Waals surface area contributed by atoms with E-state index in [9.17, 15) is 4.79 Å². The van der Waals surface area contributed by atoms with Crippen LogP contribution >= 0.6 is 27.5 Å². The molecule has 0 radical (unpaired) electrons. The maximum atomic E-state index is 11.7. The summed E-state index contributed by atoms with van der Waals surface area (Å²) < 4.78 is 5.76. The molecule has 1 aromatic heterocycles. The van der Waals surface area contributed by atoms with Gasteiger partial charge in [0.1, 0.15) is 0 Å². The first kappa shape index (κ1) is 12.0. The molecule has 1 saturated carbocycles. The maximum absolute atomic E-state index is 11.7. The van der Waals surface area contributed by atoms with Crippen LogP contribution in [0.1, 0.15) is 36.2 Å². The van der Waals surface area contributed by atoms with Crippen LogP contribution in [0, 0.1) is 0 Å². The van der Waals surface area contributed by atoms with E-state index in [1.54, 1.807) is 12.1 Å². The van der Waals surface area contributed by atoms with E-state index in [0.717, 1.165) is 25.7 Å². The lowest BCUT2D eigenvalue weighted by atomic mass is 9.95. The molecule has 1 N–H and O–H groups in total. The zero-order valence-electron chi connectivity index (χ0n) is 8.71. The van der Waals surface area contributed by atoms with Crippen LogP contribution in [0.3, 0.4) is 0 Å². The van der Waals surface area contributed by atoms with Gasteiger partial charge in [-0.05, 0) is 53.7 Å². The summed E-state index contributed by atoms with van der Waals surface area (Å²) in [4.78, 5) is 11.7. The van der Waals surface area contributed by atoms with Crippen LogP contribution in [-0.2, 0) is 0 Å². The predicted molar refractivity (Wildman–Crippen MR) is 65.8 cm³/mol. The summed E-state index contributed by atoms with van der Waals surface area (Å²) in [6, 6.07) is 3.60. The summed E-state index contributed by atoms with van der Waals surface area (Å²) in [5.41, 5.74) is 0. The van der Waals surface area contributed by atoms with E-state index in [0.29, 0.717) is 10.4 Å². The van der Waals surface area contributed by atoms with Crippen molar-refractivity contribution in [2.24, 2.45) is 0 Å². The van der Waals surface area contributed by atoms with Crippen LogP contribution in [0.15, 0.2) is 21.2 Å². The summed E-state index contributed by atoms with van der Waals surface area (Å²) in [7, 11) is 0. The van der Waals surface area contributed by atoms with Crippen LogP contribution in [0.4, 0.5) is 0 Å². The molecule has 16 heavy (non-hydrogen) atoms. The Morgan fingerprint density at radius 2 is 2.06 bits per heavy atom. The fraction of sp³-hybridized carbons (Fsp3) is 0.545. The first-order valence-electron chi connectivity index (χ1n) is 5.35. The number of hydrogen-bond acceptors (Lipinski definition) is 2. The molecular weight excluding hydrogens is 293 g/mol. The van der Waals surface area contributed by atoms with Crippen LogP contribution in [0.2, 0.25) is 0 Å². The number of furan rings is 1. The van der Waals surface area contributed by atoms with Crippen molar-refractivity contribution >= 4 is 33.4 Å². The highest BCUT2D eigenvalue weighted by molar-refractivity contribution is 9.10. The lowest BCUT2D eigenvalue weighted by molar-refractivity contribution is 0.0898. The molecule has 2 rings (SSSR count). The standard InChI is InChI=1S/C11H13BrClNO2/c12-10-6-5-9(16-10)11(15)14-8-3-1-7(13)2-4-8/h5-8H,1-4H2,(H,14,15). The third-order valence-corrected chi connectivity index (χ3v) is 3.65. The van der Waals surface area contributed by atoms with Crippen molar-refractivity contribution in [2.75, 3.05) is 0 Å². The van der Waals surface area contributed by atoms with E-state index in [1.165, 1.54) is 0 Å². The Kier molecular flexibility index (Phi) is 3.92. The number of nitrogens with one attached hydrogen (secondary N) is 1. The fourth-order valence-electron chi connectivity index (χ4n) is 1.89. The van der Waals surface area contributed by atoms with Gasteiger partial charge < -0.3 is 9.73 Å². The van der Waals surface area contributed by atoms with Crippen molar-refractivity contribution in [1.29, 1.82) is 0 Å². The smallest absolute Gasteiger partial charge is 0.287 e. The summed E-state index contributed by atoms with van der Waals surface area (Å²) >= 11 is 9.17. The molecule has 0 saturated heterocycles. The minimum absolute atomic E-state index is 0.149. The average Bonchev–Trinajstić information content (AvgIpc) is 2.68. The second kappa shape index (κ2) is 5.23. The highest BCUT2D eigenvalue weighted by Crippen LogP contribution is 2.23. The summed E-state index contributed by atoms with van der Waals surface area (Å²) in [6.45, 7) is 0. The quantitative estimate of drug-likeness (QED) is 0.852. The predicted octanol–water partition coefficient (Wildman–Crippen LogP) is 3.32. The molecule has 88 valence electrons. The number of amides is 1. The van der Waals surface area contributed by atoms with E-state index in [2.05, 4.69) is 21.2 Å². The molecular formula is C11H13BrClNO2. The fourth-order valence-corrected chi connectivity index (χ4v) is 2.45. The van der Waals surface area contributed by atoms with Gasteiger partial charge >= 0.3 is 0 Å². The number of hydrogen-bond donors (Lipinski definition) is 1. The highest BCUT2D eigenvalue weighted by Gasteiger charge is 2.22. The van der Waals surface area contributed by atoms with E-state index in [-0.39, 0.29) is 17.3 Å². The Hall–Kier alpha value is -0.480. The van der Waals surface area contributed by atoms with Gasteiger partial charge in [-0.15, -0.1) is 11.6 Å². The van der Waals surface area contributed by atoms with Crippen molar-refractivity contribution in [3.63, 3.8) is 0 Å². The molecule has 1 heterocycles. The topological polar surface area (TPSA) is 42.2 Å². The van der Waals surface area contributed by atoms with E-state index >= 15 is 0 Å². The van der Waals surface area contributed by atoms with Gasteiger partial charge in [-0.25, -0.2) is 0 Å². The van der Waals surface area contributed by atoms with Gasteiger partial charge in [0.25, 0.3) is 5.91 Å². The SMILES string of the molecule is O=C(NC1CCC(Cl)CC1)c1ccc(Br)o1. The van der Waals surface area contributed by atoms with Crippen LogP contribution in [0.25, 0.3) is 0 Å². The Labute approximate surface area is 108 Å². The molecule has 0 spiro atoms. The van der Waals surface area contributed by atoms with Gasteiger partial charge in [-0.1, -0.05) is 0 Å². The molecule has 0 bridgehead atoms. The van der Waals surface area contributed by atoms with Gasteiger partial charge in [0.05, 0.1) is 0 Å². The average molecular weight is 307 g/mol. The zero-order valence-corrected chi connectivity index (χ0v) is 11.1. The summed E-state index contributed by atoms with van der Waals surface area (Å²) in [6.07, 6.45) is 3.83. The minimum atomic E-state index is -0.149. The van der Waals surface area contributed by atoms with Crippen molar-refractivity contribution in [1.82, 2.24) is 5.32 Å². The van der Waals surface area contributed by atoms with Gasteiger partial charge in [0, 0.05) is 11.4 Å². The molecule has 1 aliphatic rings. The molecule has 0 aliphatic heterocycles. The second-order valence-electron chi connectivity index (χ2n) is 4.03. The van der Waals surface area contributed by atoms with Crippen molar-refractivity contribution < 1.29 is 9.21 Å². The number of carbonyl (C=O) groups excluding carboxylic acids is 1. The largest absolute Gasteiger partial charge is 0.444 e. The van der Waals surface area contributed by atoms with Gasteiger partial charge in [-0.3, -0.25) is 4.79 Å². The molecule has 1 aliphatic carbocycles. The third-order valence-electron chi connectivity index (χ3n) is 2.79. The lowest BCUT2D eigenvalue weighted by Crippen LogP contribution is -2.37. The number of halogens is 2. The Bertz CT molecular complexity index is 372. The number of alkyl halides is 1. The molecule has 0 unspecified atom stereocenters. The first-order chi connectivity index (χ1) is 7.65. The lowest BCUT2D eigenvalue weighted by Gasteiger charge is -2.25.